The van der Waals surface area contributed by atoms with Crippen LogP contribution in [-0.2, 0) is 0 Å². The highest BCUT2D eigenvalue weighted by Crippen LogP contribution is 2.32. The molecule has 2 N–H and O–H groups in total. The second-order valence-electron chi connectivity index (χ2n) is 7.24. The van der Waals surface area contributed by atoms with Gasteiger partial charge in [0.1, 0.15) is 0 Å². The van der Waals surface area contributed by atoms with E-state index in [1.165, 1.54) is 0 Å². The lowest BCUT2D eigenvalue weighted by molar-refractivity contribution is 0.122. The lowest BCUT2D eigenvalue weighted by Gasteiger charge is -2.35. The summed E-state index contributed by atoms with van der Waals surface area (Å²) < 4.78 is 11.5. The molecular formula is C20H33N5O2. The summed E-state index contributed by atoms with van der Waals surface area (Å²) in [6.07, 6.45) is 0.908. The number of likely N-dealkylation sites (N-methyl/N-ethyl adjacent to an activating group) is 1. The number of aliphatic imine (C=N–C) groups is 1. The number of nitrogens with one attached hydrogen (secondary N) is 2. The third-order valence-electron chi connectivity index (χ3n) is 5.03. The van der Waals surface area contributed by atoms with Crippen LogP contribution < -0.4 is 20.1 Å². The summed E-state index contributed by atoms with van der Waals surface area (Å²) in [5, 5.41) is 6.72. The average Bonchev–Trinajstić information content (AvgIpc) is 2.91. The quantitative estimate of drug-likeness (QED) is 0.605. The molecule has 1 unspecified atom stereocenters. The molecule has 0 aromatic heterocycles. The third kappa shape index (κ3) is 5.74. The molecule has 1 saturated heterocycles. The zero-order chi connectivity index (χ0) is 19.1. The third-order valence-corrected chi connectivity index (χ3v) is 5.03. The van der Waals surface area contributed by atoms with Gasteiger partial charge in [0.15, 0.2) is 17.5 Å². The van der Waals surface area contributed by atoms with E-state index in [4.69, 9.17) is 14.5 Å². The normalized spacial score (nSPS) is 20.0. The van der Waals surface area contributed by atoms with E-state index in [2.05, 4.69) is 41.3 Å². The van der Waals surface area contributed by atoms with E-state index >= 15 is 0 Å². The van der Waals surface area contributed by atoms with Crippen LogP contribution >= 0.6 is 0 Å². The van der Waals surface area contributed by atoms with Crippen molar-refractivity contribution in [3.63, 3.8) is 0 Å². The standard InChI is InChI=1S/C20H33N5O2/c1-4-21-20(22-15-16(2)25-10-8-24(3)9-11-25)23-17-6-7-18-19(14-17)27-13-5-12-26-18/h6-7,14,16H,4-5,8-13,15H2,1-3H3,(H2,21,22,23). The first-order valence-corrected chi connectivity index (χ1v) is 10.0. The summed E-state index contributed by atoms with van der Waals surface area (Å²) >= 11 is 0. The van der Waals surface area contributed by atoms with Gasteiger partial charge in [0, 0.05) is 56.9 Å². The first kappa shape index (κ1) is 19.8. The maximum Gasteiger partial charge on any atom is 0.195 e. The van der Waals surface area contributed by atoms with Gasteiger partial charge >= 0.3 is 0 Å². The predicted molar refractivity (Wildman–Crippen MR) is 110 cm³/mol. The van der Waals surface area contributed by atoms with Crippen molar-refractivity contribution in [2.75, 3.05) is 64.8 Å². The van der Waals surface area contributed by atoms with E-state index < -0.39 is 0 Å². The molecule has 2 heterocycles. The second kappa shape index (κ2) is 9.80. The molecule has 1 aromatic carbocycles. The lowest BCUT2D eigenvalue weighted by Crippen LogP contribution is -2.49. The minimum Gasteiger partial charge on any atom is -0.490 e. The number of rotatable bonds is 5. The van der Waals surface area contributed by atoms with Gasteiger partial charge < -0.3 is 25.0 Å². The van der Waals surface area contributed by atoms with Crippen molar-refractivity contribution in [1.82, 2.24) is 15.1 Å². The van der Waals surface area contributed by atoms with E-state index in [9.17, 15) is 0 Å². The van der Waals surface area contributed by atoms with E-state index in [0.717, 1.165) is 68.8 Å². The summed E-state index contributed by atoms with van der Waals surface area (Å²) in [7, 11) is 2.18. The number of hydrogen-bond donors (Lipinski definition) is 2. The number of hydrogen-bond acceptors (Lipinski definition) is 5. The summed E-state index contributed by atoms with van der Waals surface area (Å²) in [5.41, 5.74) is 0.950. The van der Waals surface area contributed by atoms with Gasteiger partial charge in [-0.2, -0.15) is 0 Å². The topological polar surface area (TPSA) is 61.4 Å². The van der Waals surface area contributed by atoms with Crippen molar-refractivity contribution in [2.24, 2.45) is 4.99 Å². The van der Waals surface area contributed by atoms with E-state index in [1.54, 1.807) is 0 Å². The van der Waals surface area contributed by atoms with Gasteiger partial charge in [0.25, 0.3) is 0 Å². The molecule has 150 valence electrons. The molecule has 2 aliphatic rings. The molecular weight excluding hydrogens is 342 g/mol. The van der Waals surface area contributed by atoms with Crippen LogP contribution in [0.15, 0.2) is 23.2 Å². The van der Waals surface area contributed by atoms with Gasteiger partial charge in [-0.3, -0.25) is 9.89 Å². The van der Waals surface area contributed by atoms with Crippen LogP contribution in [0.1, 0.15) is 20.3 Å². The number of piperazine rings is 1. The molecule has 0 aliphatic carbocycles. The molecule has 1 fully saturated rings. The highest BCUT2D eigenvalue weighted by Gasteiger charge is 2.19. The zero-order valence-electron chi connectivity index (χ0n) is 16.8. The van der Waals surface area contributed by atoms with Gasteiger partial charge in [-0.25, -0.2) is 0 Å². The van der Waals surface area contributed by atoms with Crippen LogP contribution in [0.2, 0.25) is 0 Å². The Bertz CT molecular complexity index is 629. The molecule has 2 aliphatic heterocycles. The predicted octanol–water partition coefficient (Wildman–Crippen LogP) is 1.86. The molecule has 0 amide bonds. The first-order valence-electron chi connectivity index (χ1n) is 10.0. The smallest absolute Gasteiger partial charge is 0.195 e. The van der Waals surface area contributed by atoms with Crippen molar-refractivity contribution >= 4 is 11.6 Å². The van der Waals surface area contributed by atoms with Crippen LogP contribution in [0.3, 0.4) is 0 Å². The Morgan fingerprint density at radius 3 is 2.63 bits per heavy atom. The van der Waals surface area contributed by atoms with Crippen LogP contribution in [0.5, 0.6) is 11.5 Å². The van der Waals surface area contributed by atoms with E-state index in [1.807, 2.05) is 18.2 Å². The molecule has 27 heavy (non-hydrogen) atoms. The largest absolute Gasteiger partial charge is 0.490 e. The molecule has 0 spiro atoms. The highest BCUT2D eigenvalue weighted by molar-refractivity contribution is 5.93. The Hall–Kier alpha value is -1.99. The first-order chi connectivity index (χ1) is 13.2. The molecule has 7 nitrogen and oxygen atoms in total. The summed E-state index contributed by atoms with van der Waals surface area (Å²) in [4.78, 5) is 9.69. The summed E-state index contributed by atoms with van der Waals surface area (Å²) in [6.45, 7) is 11.8. The minimum absolute atomic E-state index is 0.429. The minimum atomic E-state index is 0.429. The summed E-state index contributed by atoms with van der Waals surface area (Å²) in [6, 6.07) is 6.37. The van der Waals surface area contributed by atoms with Gasteiger partial charge in [0.2, 0.25) is 0 Å². The molecule has 0 saturated carbocycles. The number of fused-ring (bicyclic) bond motifs is 1. The van der Waals surface area contributed by atoms with Gasteiger partial charge in [-0.05, 0) is 33.0 Å². The van der Waals surface area contributed by atoms with E-state index in [-0.39, 0.29) is 0 Å². The molecule has 0 radical (unpaired) electrons. The number of benzene rings is 1. The molecule has 0 bridgehead atoms. The van der Waals surface area contributed by atoms with Gasteiger partial charge in [0.05, 0.1) is 19.8 Å². The van der Waals surface area contributed by atoms with Crippen molar-refractivity contribution in [3.05, 3.63) is 18.2 Å². The van der Waals surface area contributed by atoms with Crippen molar-refractivity contribution in [2.45, 2.75) is 26.3 Å². The van der Waals surface area contributed by atoms with Gasteiger partial charge in [-0.15, -0.1) is 0 Å². The van der Waals surface area contributed by atoms with Crippen molar-refractivity contribution in [1.29, 1.82) is 0 Å². The van der Waals surface area contributed by atoms with Crippen LogP contribution in [-0.4, -0.2) is 81.3 Å². The summed E-state index contributed by atoms with van der Waals surface area (Å²) in [5.74, 6) is 2.40. The number of anilines is 1. The van der Waals surface area contributed by atoms with Crippen molar-refractivity contribution in [3.8, 4) is 11.5 Å². The molecule has 3 rings (SSSR count). The molecule has 1 aromatic rings. The van der Waals surface area contributed by atoms with Crippen LogP contribution in [0.4, 0.5) is 5.69 Å². The SMILES string of the molecule is CCNC(=NCC(C)N1CCN(C)CC1)Nc1ccc2c(c1)OCCCO2. The number of ether oxygens (including phenoxy) is 2. The van der Waals surface area contributed by atoms with Crippen LogP contribution in [0, 0.1) is 0 Å². The molecule has 7 heteroatoms. The highest BCUT2D eigenvalue weighted by atomic mass is 16.5. The Kier molecular flexibility index (Phi) is 7.18. The Balaban J connectivity index is 1.61. The van der Waals surface area contributed by atoms with Crippen molar-refractivity contribution < 1.29 is 9.47 Å². The number of guanidine groups is 1. The Labute approximate surface area is 162 Å². The maximum absolute atomic E-state index is 5.78. The fraction of sp³-hybridized carbons (Fsp3) is 0.650. The van der Waals surface area contributed by atoms with Crippen LogP contribution in [0.25, 0.3) is 0 Å². The molecule has 1 atom stereocenters. The Morgan fingerprint density at radius 2 is 1.89 bits per heavy atom. The average molecular weight is 376 g/mol. The fourth-order valence-electron chi connectivity index (χ4n) is 3.29. The van der Waals surface area contributed by atoms with Gasteiger partial charge in [-0.1, -0.05) is 0 Å². The fourth-order valence-corrected chi connectivity index (χ4v) is 3.29. The zero-order valence-corrected chi connectivity index (χ0v) is 16.8. The lowest BCUT2D eigenvalue weighted by atomic mass is 10.2. The monoisotopic (exact) mass is 375 g/mol. The number of nitrogens with zero attached hydrogens (tertiary/aromatic N) is 3. The second-order valence-corrected chi connectivity index (χ2v) is 7.24. The maximum atomic E-state index is 5.78. The Morgan fingerprint density at radius 1 is 1.15 bits per heavy atom. The van der Waals surface area contributed by atoms with E-state index in [0.29, 0.717) is 19.3 Å².